The summed E-state index contributed by atoms with van der Waals surface area (Å²) in [6, 6.07) is 11.5. The van der Waals surface area contributed by atoms with Crippen molar-refractivity contribution in [1.29, 1.82) is 0 Å². The second-order valence-electron chi connectivity index (χ2n) is 5.53. The average molecular weight is 356 g/mol. The molecule has 0 aliphatic heterocycles. The molecule has 0 fully saturated rings. The maximum atomic E-state index is 14.2. The summed E-state index contributed by atoms with van der Waals surface area (Å²) in [7, 11) is 2.82. The number of benzene rings is 2. The molecule has 7 heteroatoms. The quantitative estimate of drug-likeness (QED) is 0.706. The van der Waals surface area contributed by atoms with E-state index in [4.69, 9.17) is 15.2 Å². The maximum Gasteiger partial charge on any atom is 0.337 e. The molecule has 3 rings (SSSR count). The van der Waals surface area contributed by atoms with Crippen LogP contribution in [0.15, 0.2) is 42.5 Å². The number of nitrogens with zero attached hydrogens (tertiary/aromatic N) is 1. The monoisotopic (exact) mass is 356 g/mol. The van der Waals surface area contributed by atoms with Gasteiger partial charge in [-0.3, -0.25) is 0 Å². The van der Waals surface area contributed by atoms with Gasteiger partial charge in [-0.1, -0.05) is 12.1 Å². The third-order valence-electron chi connectivity index (χ3n) is 3.84. The van der Waals surface area contributed by atoms with Crippen LogP contribution in [0.1, 0.15) is 15.9 Å². The average Bonchev–Trinajstić information content (AvgIpc) is 2.66. The molecule has 2 N–H and O–H groups in total. The summed E-state index contributed by atoms with van der Waals surface area (Å²) in [5.41, 5.74) is 6.93. The van der Waals surface area contributed by atoms with E-state index in [0.717, 1.165) is 17.4 Å². The predicted octanol–water partition coefficient (Wildman–Crippen LogP) is 3.33. The van der Waals surface area contributed by atoms with Crippen molar-refractivity contribution in [1.82, 2.24) is 4.98 Å². The zero-order valence-corrected chi connectivity index (χ0v) is 14.3. The Bertz CT molecular complexity index is 958. The lowest BCUT2D eigenvalue weighted by atomic mass is 10.1. The van der Waals surface area contributed by atoms with Crippen molar-refractivity contribution < 1.29 is 23.4 Å². The van der Waals surface area contributed by atoms with Crippen LogP contribution in [0, 0.1) is 5.82 Å². The number of pyridine rings is 1. The standard InChI is InChI=1S/C19H17FN2O4/c1-24-14-5-3-11(4-6-14)10-26-16-9-12-7-13(19(23)25-2)8-15(20)17(12)22-18(16)21/h3-9H,10H2,1-2H3,(H2,21,22). The summed E-state index contributed by atoms with van der Waals surface area (Å²) < 4.78 is 29.6. The van der Waals surface area contributed by atoms with E-state index in [2.05, 4.69) is 9.72 Å². The molecule has 2 aromatic carbocycles. The third kappa shape index (κ3) is 3.51. The van der Waals surface area contributed by atoms with Gasteiger partial charge in [0, 0.05) is 5.39 Å². The Morgan fingerprint density at radius 2 is 1.88 bits per heavy atom. The van der Waals surface area contributed by atoms with E-state index in [1.807, 2.05) is 24.3 Å². The number of carbonyl (C=O) groups is 1. The first-order valence-electron chi connectivity index (χ1n) is 7.75. The Labute approximate surface area is 149 Å². The zero-order valence-electron chi connectivity index (χ0n) is 14.3. The van der Waals surface area contributed by atoms with Gasteiger partial charge in [-0.05, 0) is 35.9 Å². The molecule has 0 aliphatic carbocycles. The molecule has 1 aromatic heterocycles. The number of carbonyl (C=O) groups excluding carboxylic acids is 1. The van der Waals surface area contributed by atoms with E-state index in [0.29, 0.717) is 11.1 Å². The second kappa shape index (κ2) is 7.26. The van der Waals surface area contributed by atoms with Crippen LogP contribution in [-0.2, 0) is 11.3 Å². The molecule has 0 amide bonds. The second-order valence-corrected chi connectivity index (χ2v) is 5.53. The number of nitrogens with two attached hydrogens (primary N) is 1. The number of hydrogen-bond acceptors (Lipinski definition) is 6. The molecule has 0 aliphatic rings. The summed E-state index contributed by atoms with van der Waals surface area (Å²) in [4.78, 5) is 15.7. The minimum atomic E-state index is -0.656. The molecular weight excluding hydrogens is 339 g/mol. The number of nitrogen functional groups attached to an aromatic ring is 1. The Hall–Kier alpha value is -3.35. The van der Waals surface area contributed by atoms with Crippen molar-refractivity contribution in [3.05, 3.63) is 59.4 Å². The third-order valence-corrected chi connectivity index (χ3v) is 3.84. The van der Waals surface area contributed by atoms with Crippen LogP contribution in [0.4, 0.5) is 10.2 Å². The molecule has 0 saturated carbocycles. The number of hydrogen-bond donors (Lipinski definition) is 1. The zero-order chi connectivity index (χ0) is 18.7. The van der Waals surface area contributed by atoms with Gasteiger partial charge in [0.05, 0.1) is 19.8 Å². The lowest BCUT2D eigenvalue weighted by Gasteiger charge is -2.11. The van der Waals surface area contributed by atoms with E-state index >= 15 is 0 Å². The topological polar surface area (TPSA) is 83.7 Å². The van der Waals surface area contributed by atoms with Crippen LogP contribution in [0.5, 0.6) is 11.5 Å². The van der Waals surface area contributed by atoms with Gasteiger partial charge in [-0.25, -0.2) is 14.2 Å². The van der Waals surface area contributed by atoms with Gasteiger partial charge in [-0.15, -0.1) is 0 Å². The fraction of sp³-hybridized carbons (Fsp3) is 0.158. The van der Waals surface area contributed by atoms with Crippen LogP contribution >= 0.6 is 0 Å². The Morgan fingerprint density at radius 1 is 1.15 bits per heavy atom. The summed E-state index contributed by atoms with van der Waals surface area (Å²) in [6.07, 6.45) is 0. The van der Waals surface area contributed by atoms with Gasteiger partial charge in [0.2, 0.25) is 0 Å². The highest BCUT2D eigenvalue weighted by molar-refractivity contribution is 5.95. The highest BCUT2D eigenvalue weighted by atomic mass is 19.1. The van der Waals surface area contributed by atoms with Crippen LogP contribution < -0.4 is 15.2 Å². The molecule has 6 nitrogen and oxygen atoms in total. The number of ether oxygens (including phenoxy) is 3. The van der Waals surface area contributed by atoms with Gasteiger partial charge in [0.15, 0.2) is 11.6 Å². The number of methoxy groups -OCH3 is 2. The first kappa shape index (κ1) is 17.5. The SMILES string of the molecule is COC(=O)c1cc(F)c2nc(N)c(OCc3ccc(OC)cc3)cc2c1. The van der Waals surface area contributed by atoms with Crippen LogP contribution in [-0.4, -0.2) is 25.2 Å². The molecule has 0 radical (unpaired) electrons. The van der Waals surface area contributed by atoms with Gasteiger partial charge < -0.3 is 19.9 Å². The first-order valence-corrected chi connectivity index (χ1v) is 7.75. The molecule has 134 valence electrons. The minimum absolute atomic E-state index is 0.0620. The number of halogens is 1. The summed E-state index contributed by atoms with van der Waals surface area (Å²) in [6.45, 7) is 0.251. The van der Waals surface area contributed by atoms with Gasteiger partial charge in [0.1, 0.15) is 23.7 Å². The van der Waals surface area contributed by atoms with E-state index in [9.17, 15) is 9.18 Å². The molecule has 0 bridgehead atoms. The number of fused-ring (bicyclic) bond motifs is 1. The van der Waals surface area contributed by atoms with Crippen molar-refractivity contribution >= 4 is 22.7 Å². The summed E-state index contributed by atoms with van der Waals surface area (Å²) in [5, 5.41) is 0.393. The molecule has 1 heterocycles. The van der Waals surface area contributed by atoms with Gasteiger partial charge in [-0.2, -0.15) is 0 Å². The van der Waals surface area contributed by atoms with Gasteiger partial charge in [0.25, 0.3) is 0 Å². The van der Waals surface area contributed by atoms with E-state index in [1.54, 1.807) is 13.2 Å². The normalized spacial score (nSPS) is 10.6. The van der Waals surface area contributed by atoms with Crippen molar-refractivity contribution in [2.75, 3.05) is 20.0 Å². The lowest BCUT2D eigenvalue weighted by molar-refractivity contribution is 0.0600. The van der Waals surface area contributed by atoms with Crippen LogP contribution in [0.3, 0.4) is 0 Å². The molecule has 26 heavy (non-hydrogen) atoms. The molecule has 0 saturated heterocycles. The van der Waals surface area contributed by atoms with Crippen LogP contribution in [0.25, 0.3) is 10.9 Å². The maximum absolute atomic E-state index is 14.2. The van der Waals surface area contributed by atoms with Crippen molar-refractivity contribution in [2.45, 2.75) is 6.61 Å². The van der Waals surface area contributed by atoms with Gasteiger partial charge >= 0.3 is 5.97 Å². The van der Waals surface area contributed by atoms with Crippen molar-refractivity contribution in [3.63, 3.8) is 0 Å². The summed E-state index contributed by atoms with van der Waals surface area (Å²) in [5.74, 6) is -0.184. The largest absolute Gasteiger partial charge is 0.497 e. The fourth-order valence-electron chi connectivity index (χ4n) is 2.47. The highest BCUT2D eigenvalue weighted by Gasteiger charge is 2.14. The number of anilines is 1. The predicted molar refractivity (Wildman–Crippen MR) is 94.8 cm³/mol. The first-order chi connectivity index (χ1) is 12.5. The van der Waals surface area contributed by atoms with E-state index < -0.39 is 11.8 Å². The number of esters is 1. The van der Waals surface area contributed by atoms with Crippen molar-refractivity contribution in [3.8, 4) is 11.5 Å². The molecule has 0 spiro atoms. The molecule has 3 aromatic rings. The van der Waals surface area contributed by atoms with Crippen LogP contribution in [0.2, 0.25) is 0 Å². The fourth-order valence-corrected chi connectivity index (χ4v) is 2.47. The summed E-state index contributed by atoms with van der Waals surface area (Å²) >= 11 is 0. The molecular formula is C19H17FN2O4. The molecule has 0 unspecified atom stereocenters. The number of aromatic nitrogens is 1. The Balaban J connectivity index is 1.89. The minimum Gasteiger partial charge on any atom is -0.497 e. The Morgan fingerprint density at radius 3 is 2.54 bits per heavy atom. The lowest BCUT2D eigenvalue weighted by Crippen LogP contribution is -2.04. The highest BCUT2D eigenvalue weighted by Crippen LogP contribution is 2.28. The Kier molecular flexibility index (Phi) is 4.88. The number of rotatable bonds is 5. The molecule has 0 atom stereocenters. The van der Waals surface area contributed by atoms with Crippen molar-refractivity contribution in [2.24, 2.45) is 0 Å². The van der Waals surface area contributed by atoms with E-state index in [1.165, 1.54) is 13.2 Å². The smallest absolute Gasteiger partial charge is 0.337 e. The van der Waals surface area contributed by atoms with E-state index in [-0.39, 0.29) is 23.5 Å².